The Bertz CT molecular complexity index is 1270. The average molecular weight is 555 g/mol. The fourth-order valence-electron chi connectivity index (χ4n) is 2.71. The van der Waals surface area contributed by atoms with Crippen LogP contribution in [0.3, 0.4) is 0 Å². The van der Waals surface area contributed by atoms with Crippen molar-refractivity contribution >= 4 is 64.0 Å². The van der Waals surface area contributed by atoms with Gasteiger partial charge in [-0.1, -0.05) is 29.3 Å². The minimum atomic E-state index is -4.91. The Labute approximate surface area is 209 Å². The molecule has 0 aromatic heterocycles. The quantitative estimate of drug-likeness (QED) is 0.254. The van der Waals surface area contributed by atoms with Gasteiger partial charge in [0.25, 0.3) is 5.91 Å². The van der Waals surface area contributed by atoms with E-state index in [2.05, 4.69) is 10.1 Å². The van der Waals surface area contributed by atoms with Crippen molar-refractivity contribution in [3.05, 3.63) is 81.8 Å². The number of ether oxygens (including phenoxy) is 1. The Morgan fingerprint density at radius 3 is 2.14 bits per heavy atom. The van der Waals surface area contributed by atoms with Gasteiger partial charge < -0.3 is 10.1 Å². The fourth-order valence-corrected chi connectivity index (χ4v) is 3.30. The summed E-state index contributed by atoms with van der Waals surface area (Å²) in [4.78, 5) is 24.3. The van der Waals surface area contributed by atoms with Gasteiger partial charge in [0.2, 0.25) is 0 Å². The van der Waals surface area contributed by atoms with Crippen LogP contribution in [0.4, 0.5) is 43.8 Å². The zero-order valence-corrected chi connectivity index (χ0v) is 19.2. The maximum atomic E-state index is 13.7. The first kappa shape index (κ1) is 26.3. The Kier molecular flexibility index (Phi) is 7.93. The molecule has 0 aliphatic heterocycles. The SMILES string of the molecule is O=C(NC(=O)N(Cl)c1ccc(Nc2ccc(OC(F)(F)F)c(Cl)c2)c(Cl)c1)c1c(F)cccc1F. The van der Waals surface area contributed by atoms with Crippen LogP contribution >= 0.6 is 35.0 Å². The number of nitrogens with one attached hydrogen (secondary N) is 2. The Balaban J connectivity index is 1.71. The number of rotatable bonds is 5. The van der Waals surface area contributed by atoms with Gasteiger partial charge >= 0.3 is 12.4 Å². The number of imide groups is 1. The summed E-state index contributed by atoms with van der Waals surface area (Å²) in [5.41, 5.74) is -0.467. The van der Waals surface area contributed by atoms with Crippen molar-refractivity contribution in [2.24, 2.45) is 0 Å². The van der Waals surface area contributed by atoms with Crippen LogP contribution in [-0.4, -0.2) is 18.3 Å². The molecule has 184 valence electrons. The largest absolute Gasteiger partial charge is 0.573 e. The van der Waals surface area contributed by atoms with Crippen LogP contribution in [-0.2, 0) is 0 Å². The van der Waals surface area contributed by atoms with E-state index in [0.29, 0.717) is 4.42 Å². The number of benzene rings is 3. The molecule has 3 aromatic rings. The highest BCUT2D eigenvalue weighted by Crippen LogP contribution is 2.35. The van der Waals surface area contributed by atoms with Gasteiger partial charge in [-0.2, -0.15) is 0 Å². The maximum absolute atomic E-state index is 13.7. The topological polar surface area (TPSA) is 70.7 Å². The number of carbonyl (C=O) groups is 2. The van der Waals surface area contributed by atoms with Gasteiger partial charge in [0.15, 0.2) is 0 Å². The minimum Gasteiger partial charge on any atom is -0.404 e. The second-order valence-corrected chi connectivity index (χ2v) is 7.77. The lowest BCUT2D eigenvalue weighted by molar-refractivity contribution is -0.274. The monoisotopic (exact) mass is 553 g/mol. The summed E-state index contributed by atoms with van der Waals surface area (Å²) >= 11 is 17.9. The minimum absolute atomic E-state index is 0.0131. The number of alkyl halides is 3. The summed E-state index contributed by atoms with van der Waals surface area (Å²) in [5.74, 6) is -4.30. The predicted molar refractivity (Wildman–Crippen MR) is 120 cm³/mol. The summed E-state index contributed by atoms with van der Waals surface area (Å²) in [6.45, 7) is 0. The summed E-state index contributed by atoms with van der Waals surface area (Å²) in [6, 6.07) is 8.83. The molecule has 6 nitrogen and oxygen atoms in total. The van der Waals surface area contributed by atoms with Crippen LogP contribution in [0.2, 0.25) is 10.0 Å². The third-order valence-corrected chi connectivity index (χ3v) is 5.16. The molecular formula is C21H11Cl3F5N3O3. The van der Waals surface area contributed by atoms with Gasteiger partial charge in [0, 0.05) is 17.5 Å². The number of carbonyl (C=O) groups excluding carboxylic acids is 2. The van der Waals surface area contributed by atoms with Crippen LogP contribution in [0.5, 0.6) is 5.75 Å². The highest BCUT2D eigenvalue weighted by atomic mass is 35.5. The molecule has 0 heterocycles. The van der Waals surface area contributed by atoms with Crippen molar-refractivity contribution in [3.63, 3.8) is 0 Å². The second kappa shape index (κ2) is 10.5. The Morgan fingerprint density at radius 2 is 1.57 bits per heavy atom. The number of halogens is 8. The fraction of sp³-hybridized carbons (Fsp3) is 0.0476. The maximum Gasteiger partial charge on any atom is 0.573 e. The molecule has 0 aliphatic rings. The van der Waals surface area contributed by atoms with Gasteiger partial charge in [0.1, 0.15) is 22.9 Å². The molecule has 2 N–H and O–H groups in total. The predicted octanol–water partition coefficient (Wildman–Crippen LogP) is 7.42. The lowest BCUT2D eigenvalue weighted by Gasteiger charge is -2.17. The molecule has 0 bridgehead atoms. The smallest absolute Gasteiger partial charge is 0.404 e. The first-order valence-corrected chi connectivity index (χ1v) is 10.3. The molecule has 0 unspecified atom stereocenters. The molecule has 0 fully saturated rings. The van der Waals surface area contributed by atoms with Crippen LogP contribution in [0.1, 0.15) is 10.4 Å². The lowest BCUT2D eigenvalue weighted by atomic mass is 10.2. The van der Waals surface area contributed by atoms with Crippen molar-refractivity contribution in [2.75, 3.05) is 9.74 Å². The molecule has 0 saturated heterocycles. The van der Waals surface area contributed by atoms with Crippen LogP contribution in [0.15, 0.2) is 54.6 Å². The first-order valence-electron chi connectivity index (χ1n) is 9.23. The van der Waals surface area contributed by atoms with Crippen molar-refractivity contribution in [3.8, 4) is 5.75 Å². The molecular weight excluding hydrogens is 544 g/mol. The van der Waals surface area contributed by atoms with Crippen LogP contribution in [0.25, 0.3) is 0 Å². The highest BCUT2D eigenvalue weighted by molar-refractivity contribution is 6.39. The van der Waals surface area contributed by atoms with Gasteiger partial charge in [-0.05, 0) is 48.5 Å². The summed E-state index contributed by atoms with van der Waals surface area (Å²) in [7, 11) is 0. The van der Waals surface area contributed by atoms with E-state index in [1.807, 2.05) is 0 Å². The highest BCUT2D eigenvalue weighted by Gasteiger charge is 2.32. The molecule has 0 spiro atoms. The van der Waals surface area contributed by atoms with Crippen molar-refractivity contribution < 1.29 is 36.3 Å². The number of hydrogen-bond acceptors (Lipinski definition) is 4. The molecule has 0 radical (unpaired) electrons. The number of anilines is 3. The third kappa shape index (κ3) is 6.65. The Hall–Kier alpha value is -3.28. The Morgan fingerprint density at radius 1 is 0.914 bits per heavy atom. The molecule has 0 atom stereocenters. The second-order valence-electron chi connectivity index (χ2n) is 6.62. The van der Waals surface area contributed by atoms with Crippen LogP contribution in [0, 0.1) is 11.6 Å². The van der Waals surface area contributed by atoms with Crippen molar-refractivity contribution in [2.45, 2.75) is 6.36 Å². The van der Waals surface area contributed by atoms with Gasteiger partial charge in [-0.25, -0.2) is 18.0 Å². The number of nitrogens with zero attached hydrogens (tertiary/aromatic N) is 1. The molecule has 0 saturated carbocycles. The van der Waals surface area contributed by atoms with E-state index in [9.17, 15) is 31.5 Å². The van der Waals surface area contributed by atoms with Crippen molar-refractivity contribution in [1.82, 2.24) is 5.32 Å². The molecule has 14 heteroatoms. The van der Waals surface area contributed by atoms with Gasteiger partial charge in [0.05, 0.1) is 21.4 Å². The molecule has 3 amide bonds. The summed E-state index contributed by atoms with van der Waals surface area (Å²) in [6.07, 6.45) is -4.91. The first-order chi connectivity index (χ1) is 16.4. The lowest BCUT2D eigenvalue weighted by Crippen LogP contribution is -2.39. The molecule has 3 aromatic carbocycles. The number of amides is 3. The standard InChI is InChI=1S/C21H11Cl3F5N3O3/c22-12-9-11(32(24)20(34)31-19(33)18-14(25)2-1-3-15(18)26)5-6-16(12)30-10-4-7-17(13(23)8-10)35-21(27,28)29/h1-9,30H,(H,31,33,34). The molecule has 0 aliphatic carbocycles. The zero-order valence-electron chi connectivity index (χ0n) is 16.9. The summed E-state index contributed by atoms with van der Waals surface area (Å²) < 4.78 is 68.8. The van der Waals surface area contributed by atoms with E-state index in [1.54, 1.807) is 5.32 Å². The van der Waals surface area contributed by atoms with E-state index < -0.39 is 41.2 Å². The van der Waals surface area contributed by atoms with Gasteiger partial charge in [-0.3, -0.25) is 10.1 Å². The zero-order chi connectivity index (χ0) is 25.9. The van der Waals surface area contributed by atoms with E-state index in [0.717, 1.165) is 24.3 Å². The normalized spacial score (nSPS) is 11.1. The average Bonchev–Trinajstić information content (AvgIpc) is 2.75. The van der Waals surface area contributed by atoms with Crippen LogP contribution < -0.4 is 19.8 Å². The number of urea groups is 1. The molecule has 3 rings (SSSR count). The third-order valence-electron chi connectivity index (χ3n) is 4.20. The van der Waals surface area contributed by atoms with E-state index in [-0.39, 0.29) is 27.1 Å². The van der Waals surface area contributed by atoms with E-state index in [4.69, 9.17) is 35.0 Å². The van der Waals surface area contributed by atoms with E-state index >= 15 is 0 Å². The summed E-state index contributed by atoms with van der Waals surface area (Å²) in [5, 5.41) is 4.25. The van der Waals surface area contributed by atoms with E-state index in [1.165, 1.54) is 30.3 Å². The van der Waals surface area contributed by atoms with Crippen molar-refractivity contribution in [1.29, 1.82) is 0 Å². The molecule has 35 heavy (non-hydrogen) atoms. The van der Waals surface area contributed by atoms with Gasteiger partial charge in [-0.15, -0.1) is 13.2 Å². The number of hydrogen-bond donors (Lipinski definition) is 2.